The molecule has 0 unspecified atom stereocenters. The summed E-state index contributed by atoms with van der Waals surface area (Å²) in [5.74, 6) is -0.572. The lowest BCUT2D eigenvalue weighted by atomic mass is 10.1. The van der Waals surface area contributed by atoms with Gasteiger partial charge in [-0.15, -0.1) is 0 Å². The molecule has 1 N–H and O–H groups in total. The fourth-order valence-electron chi connectivity index (χ4n) is 4.29. The highest BCUT2D eigenvalue weighted by Gasteiger charge is 2.26. The number of carbonyl (C=O) groups excluding carboxylic acids is 1. The van der Waals surface area contributed by atoms with Crippen molar-refractivity contribution in [3.63, 3.8) is 0 Å². The molecule has 7 nitrogen and oxygen atoms in total. The first kappa shape index (κ1) is 29.8. The standard InChI is InChI=1S/C29H27Cl3N4O3S/c1-20-14-23(21(2)36(20)27-16-25(31)15-26(32)17-27)18-33-34-29(37)19-35(13-12-22-6-4-3-5-7-22)40(38,39)28-10-8-24(30)9-11-28/h3-11,14-18H,12-13,19H2,1-2H3,(H,34,37)/b33-18+. The first-order valence-corrected chi connectivity index (χ1v) is 14.9. The summed E-state index contributed by atoms with van der Waals surface area (Å²) in [5.41, 5.74) is 6.77. The van der Waals surface area contributed by atoms with Gasteiger partial charge in [-0.1, -0.05) is 65.1 Å². The molecule has 0 bridgehead atoms. The van der Waals surface area contributed by atoms with E-state index in [9.17, 15) is 13.2 Å². The molecule has 4 rings (SSSR count). The molecule has 0 aliphatic heterocycles. The highest BCUT2D eigenvalue weighted by Crippen LogP contribution is 2.26. The quantitative estimate of drug-likeness (QED) is 0.164. The number of hydrogen-bond donors (Lipinski definition) is 1. The highest BCUT2D eigenvalue weighted by molar-refractivity contribution is 7.89. The smallest absolute Gasteiger partial charge is 0.255 e. The molecule has 3 aromatic carbocycles. The number of amides is 1. The molecule has 0 aliphatic rings. The Labute approximate surface area is 249 Å². The van der Waals surface area contributed by atoms with Gasteiger partial charge in [0.1, 0.15) is 0 Å². The van der Waals surface area contributed by atoms with Gasteiger partial charge < -0.3 is 4.57 Å². The molecular formula is C29H27Cl3N4O3S. The van der Waals surface area contributed by atoms with Crippen molar-refractivity contribution >= 4 is 56.9 Å². The Hall–Kier alpha value is -3.14. The van der Waals surface area contributed by atoms with Gasteiger partial charge in [-0.25, -0.2) is 13.8 Å². The van der Waals surface area contributed by atoms with E-state index in [2.05, 4.69) is 10.5 Å². The van der Waals surface area contributed by atoms with E-state index in [1.807, 2.05) is 54.8 Å². The molecule has 1 aromatic heterocycles. The molecule has 1 heterocycles. The zero-order valence-electron chi connectivity index (χ0n) is 21.8. The van der Waals surface area contributed by atoms with Gasteiger partial charge in [0.25, 0.3) is 5.91 Å². The van der Waals surface area contributed by atoms with Crippen molar-refractivity contribution < 1.29 is 13.2 Å². The van der Waals surface area contributed by atoms with Crippen molar-refractivity contribution in [2.75, 3.05) is 13.1 Å². The second kappa shape index (κ2) is 13.0. The number of sulfonamides is 1. The van der Waals surface area contributed by atoms with Crippen LogP contribution in [-0.4, -0.2) is 42.5 Å². The molecule has 4 aromatic rings. The van der Waals surface area contributed by atoms with Crippen molar-refractivity contribution in [3.05, 3.63) is 116 Å². The molecule has 0 aliphatic carbocycles. The monoisotopic (exact) mass is 616 g/mol. The van der Waals surface area contributed by atoms with Gasteiger partial charge in [-0.05, 0) is 74.4 Å². The minimum Gasteiger partial charge on any atom is -0.318 e. The number of aryl methyl sites for hydroxylation is 1. The van der Waals surface area contributed by atoms with Crippen LogP contribution in [0.2, 0.25) is 15.1 Å². The summed E-state index contributed by atoms with van der Waals surface area (Å²) in [5, 5.41) is 5.54. The van der Waals surface area contributed by atoms with E-state index in [4.69, 9.17) is 34.8 Å². The largest absolute Gasteiger partial charge is 0.318 e. The van der Waals surface area contributed by atoms with E-state index in [1.54, 1.807) is 18.2 Å². The molecular weight excluding hydrogens is 591 g/mol. The fourth-order valence-corrected chi connectivity index (χ4v) is 6.33. The number of nitrogens with zero attached hydrogens (tertiary/aromatic N) is 3. The Morgan fingerprint density at radius 2 is 1.57 bits per heavy atom. The van der Waals surface area contributed by atoms with E-state index in [-0.39, 0.29) is 11.4 Å². The summed E-state index contributed by atoms with van der Waals surface area (Å²) in [4.78, 5) is 12.9. The van der Waals surface area contributed by atoms with Crippen LogP contribution in [0.5, 0.6) is 0 Å². The summed E-state index contributed by atoms with van der Waals surface area (Å²) in [7, 11) is -3.97. The lowest BCUT2D eigenvalue weighted by Gasteiger charge is -2.21. The molecule has 0 fully saturated rings. The van der Waals surface area contributed by atoms with Crippen LogP contribution in [0.25, 0.3) is 5.69 Å². The van der Waals surface area contributed by atoms with Gasteiger partial charge in [0.2, 0.25) is 10.0 Å². The van der Waals surface area contributed by atoms with Gasteiger partial charge in [0.15, 0.2) is 0 Å². The lowest BCUT2D eigenvalue weighted by Crippen LogP contribution is -2.40. The third-order valence-electron chi connectivity index (χ3n) is 6.23. The van der Waals surface area contributed by atoms with Gasteiger partial charge in [0, 0.05) is 44.3 Å². The zero-order valence-corrected chi connectivity index (χ0v) is 24.9. The Balaban J connectivity index is 1.50. The zero-order chi connectivity index (χ0) is 28.9. The van der Waals surface area contributed by atoms with Crippen molar-refractivity contribution in [1.82, 2.24) is 14.3 Å². The normalized spacial score (nSPS) is 11.8. The maximum atomic E-state index is 13.4. The Bertz CT molecular complexity index is 1620. The minimum absolute atomic E-state index is 0.0508. The SMILES string of the molecule is Cc1cc(/C=N/NC(=O)CN(CCc2ccccc2)S(=O)(=O)c2ccc(Cl)cc2)c(C)n1-c1cc(Cl)cc(Cl)c1. The number of benzene rings is 3. The molecule has 0 atom stereocenters. The van der Waals surface area contributed by atoms with Gasteiger partial charge in [-0.2, -0.15) is 9.41 Å². The van der Waals surface area contributed by atoms with Crippen LogP contribution in [0.4, 0.5) is 0 Å². The van der Waals surface area contributed by atoms with Crippen LogP contribution in [0, 0.1) is 13.8 Å². The van der Waals surface area contributed by atoms with Gasteiger partial charge in [-0.3, -0.25) is 4.79 Å². The summed E-state index contributed by atoms with van der Waals surface area (Å²) >= 11 is 18.3. The lowest BCUT2D eigenvalue weighted by molar-refractivity contribution is -0.121. The van der Waals surface area contributed by atoms with Crippen LogP contribution >= 0.6 is 34.8 Å². The molecule has 40 heavy (non-hydrogen) atoms. The molecule has 1 amide bonds. The number of halogens is 3. The van der Waals surface area contributed by atoms with Crippen LogP contribution in [0.15, 0.2) is 88.9 Å². The summed E-state index contributed by atoms with van der Waals surface area (Å²) in [6, 6.07) is 22.5. The third-order valence-corrected chi connectivity index (χ3v) is 8.78. The molecule has 208 valence electrons. The Morgan fingerprint density at radius 1 is 0.925 bits per heavy atom. The number of nitrogens with one attached hydrogen (secondary N) is 1. The fraction of sp³-hybridized carbons (Fsp3) is 0.172. The molecule has 0 saturated heterocycles. The maximum Gasteiger partial charge on any atom is 0.255 e. The molecule has 11 heteroatoms. The first-order valence-electron chi connectivity index (χ1n) is 12.3. The predicted molar refractivity (Wildman–Crippen MR) is 161 cm³/mol. The Morgan fingerprint density at radius 3 is 2.23 bits per heavy atom. The van der Waals surface area contributed by atoms with Crippen LogP contribution in [0.1, 0.15) is 22.5 Å². The summed E-state index contributed by atoms with van der Waals surface area (Å²) in [6.07, 6.45) is 1.95. The van der Waals surface area contributed by atoms with Crippen molar-refractivity contribution in [2.24, 2.45) is 5.10 Å². The molecule has 0 radical (unpaired) electrons. The van der Waals surface area contributed by atoms with Crippen LogP contribution in [0.3, 0.4) is 0 Å². The third kappa shape index (κ3) is 7.33. The molecule has 0 spiro atoms. The number of hydrazone groups is 1. The van der Waals surface area contributed by atoms with E-state index in [1.165, 1.54) is 30.5 Å². The second-order valence-electron chi connectivity index (χ2n) is 9.11. The Kier molecular flexibility index (Phi) is 9.71. The van der Waals surface area contributed by atoms with E-state index in [0.29, 0.717) is 21.5 Å². The predicted octanol–water partition coefficient (Wildman–Crippen LogP) is 6.44. The highest BCUT2D eigenvalue weighted by atomic mass is 35.5. The van der Waals surface area contributed by atoms with Crippen molar-refractivity contribution in [3.8, 4) is 5.69 Å². The maximum absolute atomic E-state index is 13.4. The van der Waals surface area contributed by atoms with Crippen LogP contribution in [-0.2, 0) is 21.2 Å². The van der Waals surface area contributed by atoms with E-state index < -0.39 is 22.5 Å². The summed E-state index contributed by atoms with van der Waals surface area (Å²) in [6.45, 7) is 3.55. The molecule has 0 saturated carbocycles. The minimum atomic E-state index is -3.97. The average molecular weight is 618 g/mol. The van der Waals surface area contributed by atoms with Gasteiger partial charge in [0.05, 0.1) is 17.7 Å². The van der Waals surface area contributed by atoms with E-state index in [0.717, 1.165) is 32.5 Å². The average Bonchev–Trinajstić information content (AvgIpc) is 3.19. The number of carbonyl (C=O) groups is 1. The van der Waals surface area contributed by atoms with Crippen LogP contribution < -0.4 is 5.43 Å². The number of hydrogen-bond acceptors (Lipinski definition) is 4. The number of rotatable bonds is 10. The number of aromatic nitrogens is 1. The van der Waals surface area contributed by atoms with Crippen molar-refractivity contribution in [2.45, 2.75) is 25.2 Å². The first-order chi connectivity index (χ1) is 19.0. The van der Waals surface area contributed by atoms with E-state index >= 15 is 0 Å². The van der Waals surface area contributed by atoms with Crippen molar-refractivity contribution in [1.29, 1.82) is 0 Å². The topological polar surface area (TPSA) is 83.8 Å². The van der Waals surface area contributed by atoms with Gasteiger partial charge >= 0.3 is 0 Å². The second-order valence-corrected chi connectivity index (χ2v) is 12.4. The summed E-state index contributed by atoms with van der Waals surface area (Å²) < 4.78 is 29.9.